The molecule has 6 heteroatoms. The van der Waals surface area contributed by atoms with Crippen molar-refractivity contribution in [2.75, 3.05) is 19.0 Å². The maximum Gasteiger partial charge on any atom is 0.270 e. The Labute approximate surface area is 178 Å². The Morgan fingerprint density at radius 3 is 2.79 bits per heavy atom. The van der Waals surface area contributed by atoms with Crippen molar-refractivity contribution < 1.29 is 4.74 Å². The third-order valence-electron chi connectivity index (χ3n) is 4.64. The Balaban J connectivity index is 1.94. The summed E-state index contributed by atoms with van der Waals surface area (Å²) in [5.74, 6) is 7.90. The topological polar surface area (TPSA) is 56.1 Å². The number of hydrogen-bond acceptors (Lipinski definition) is 4. The number of benzene rings is 1. The molecule has 0 fully saturated rings. The first-order valence-corrected chi connectivity index (χ1v) is 10.4. The monoisotopic (exact) mass is 415 g/mol. The van der Waals surface area contributed by atoms with Gasteiger partial charge in [-0.15, -0.1) is 0 Å². The van der Waals surface area contributed by atoms with Gasteiger partial charge in [-0.2, -0.15) is 0 Å². The average Bonchev–Trinajstić information content (AvgIpc) is 2.70. The second-order valence-corrected chi connectivity index (χ2v) is 7.88. The summed E-state index contributed by atoms with van der Waals surface area (Å²) in [4.78, 5) is 16.9. The molecule has 2 aromatic rings. The van der Waals surface area contributed by atoms with Crippen molar-refractivity contribution in [3.8, 4) is 17.6 Å². The van der Waals surface area contributed by atoms with E-state index in [4.69, 9.17) is 16.3 Å². The molecule has 5 nitrogen and oxygen atoms in total. The smallest absolute Gasteiger partial charge is 0.270 e. The maximum atomic E-state index is 12.5. The number of hydrogen-bond donors (Lipinski definition) is 1. The van der Waals surface area contributed by atoms with Crippen LogP contribution in [0.1, 0.15) is 50.7 Å². The highest BCUT2D eigenvalue weighted by Gasteiger charge is 2.05. The van der Waals surface area contributed by atoms with Gasteiger partial charge in [0.15, 0.2) is 0 Å². The number of halogens is 1. The summed E-state index contributed by atoms with van der Waals surface area (Å²) in [5, 5.41) is 3.81. The van der Waals surface area contributed by atoms with E-state index in [1.807, 2.05) is 12.1 Å². The van der Waals surface area contributed by atoms with E-state index in [9.17, 15) is 4.79 Å². The summed E-state index contributed by atoms with van der Waals surface area (Å²) in [6.45, 7) is 5.30. The number of rotatable bonds is 9. The summed E-state index contributed by atoms with van der Waals surface area (Å²) >= 11 is 6.03. The molecule has 1 heterocycles. The van der Waals surface area contributed by atoms with Gasteiger partial charge in [0, 0.05) is 20.0 Å². The molecule has 0 atom stereocenters. The van der Waals surface area contributed by atoms with Gasteiger partial charge in [0.2, 0.25) is 5.95 Å². The fraction of sp³-hybridized carbons (Fsp3) is 0.478. The first-order valence-electron chi connectivity index (χ1n) is 10.0. The van der Waals surface area contributed by atoms with E-state index in [0.717, 1.165) is 24.4 Å². The highest BCUT2D eigenvalue weighted by Crippen LogP contribution is 2.25. The molecule has 0 unspecified atom stereocenters. The maximum absolute atomic E-state index is 12.5. The summed E-state index contributed by atoms with van der Waals surface area (Å²) in [5.41, 5.74) is 1.21. The lowest BCUT2D eigenvalue weighted by molar-refractivity contribution is 0.414. The first kappa shape index (κ1) is 22.8. The van der Waals surface area contributed by atoms with Crippen LogP contribution in [0.2, 0.25) is 5.02 Å². The van der Waals surface area contributed by atoms with Crippen LogP contribution in [0.4, 0.5) is 5.95 Å². The molecule has 0 aliphatic rings. The number of nitrogens with zero attached hydrogens (tertiary/aromatic N) is 2. The van der Waals surface area contributed by atoms with Crippen LogP contribution < -0.4 is 15.6 Å². The molecule has 156 valence electrons. The standard InChI is InChI=1S/C23H30ClN3O2/c1-17(2)9-6-5-7-14-25-23-26-16-19(22(28)27(23)3)11-8-10-18-12-13-20(24)21(15-18)29-4/h12-13,15-17H,5-7,9-10,14H2,1-4H3,(H,25,26). The van der Waals surface area contributed by atoms with Crippen molar-refractivity contribution >= 4 is 17.5 Å². The quantitative estimate of drug-likeness (QED) is 0.477. The molecule has 0 bridgehead atoms. The van der Waals surface area contributed by atoms with Crippen LogP contribution in [0.25, 0.3) is 0 Å². The average molecular weight is 416 g/mol. The van der Waals surface area contributed by atoms with Gasteiger partial charge in [0.25, 0.3) is 5.56 Å². The zero-order chi connectivity index (χ0) is 21.2. The van der Waals surface area contributed by atoms with Gasteiger partial charge < -0.3 is 10.1 Å². The minimum atomic E-state index is -0.150. The lowest BCUT2D eigenvalue weighted by atomic mass is 10.1. The van der Waals surface area contributed by atoms with Gasteiger partial charge in [-0.3, -0.25) is 9.36 Å². The van der Waals surface area contributed by atoms with Gasteiger partial charge in [0.05, 0.1) is 18.3 Å². The number of methoxy groups -OCH3 is 1. The molecule has 2 rings (SSSR count). The molecule has 0 saturated heterocycles. The zero-order valence-corrected chi connectivity index (χ0v) is 18.5. The van der Waals surface area contributed by atoms with Crippen molar-refractivity contribution in [1.29, 1.82) is 0 Å². The molecular weight excluding hydrogens is 386 g/mol. The van der Waals surface area contributed by atoms with Crippen LogP contribution in [0.5, 0.6) is 5.75 Å². The van der Waals surface area contributed by atoms with Gasteiger partial charge in [-0.1, -0.05) is 62.6 Å². The molecule has 1 N–H and O–H groups in total. The second kappa shape index (κ2) is 11.5. The zero-order valence-electron chi connectivity index (χ0n) is 17.7. The van der Waals surface area contributed by atoms with Gasteiger partial charge in [-0.25, -0.2) is 4.98 Å². The predicted molar refractivity (Wildman–Crippen MR) is 120 cm³/mol. The van der Waals surface area contributed by atoms with E-state index < -0.39 is 0 Å². The van der Waals surface area contributed by atoms with E-state index in [2.05, 4.69) is 36.0 Å². The fourth-order valence-electron chi connectivity index (χ4n) is 2.90. The molecule has 0 amide bonds. The van der Waals surface area contributed by atoms with Crippen molar-refractivity contribution in [2.45, 2.75) is 46.0 Å². The van der Waals surface area contributed by atoms with E-state index >= 15 is 0 Å². The Morgan fingerprint density at radius 1 is 1.28 bits per heavy atom. The number of anilines is 1. The molecule has 1 aromatic heterocycles. The molecule has 0 saturated carbocycles. The van der Waals surface area contributed by atoms with Crippen LogP contribution >= 0.6 is 11.6 Å². The Hall–Kier alpha value is -2.45. The highest BCUT2D eigenvalue weighted by atomic mass is 35.5. The summed E-state index contributed by atoms with van der Waals surface area (Å²) < 4.78 is 6.73. The first-order chi connectivity index (χ1) is 13.9. The van der Waals surface area contributed by atoms with E-state index in [1.54, 1.807) is 26.4 Å². The van der Waals surface area contributed by atoms with Crippen LogP contribution in [-0.2, 0) is 13.5 Å². The summed E-state index contributed by atoms with van der Waals surface area (Å²) in [6.07, 6.45) is 6.77. The fourth-order valence-corrected chi connectivity index (χ4v) is 3.10. The number of unbranched alkanes of at least 4 members (excludes halogenated alkanes) is 2. The van der Waals surface area contributed by atoms with Crippen LogP contribution in [-0.4, -0.2) is 23.2 Å². The summed E-state index contributed by atoms with van der Waals surface area (Å²) in [7, 11) is 3.29. The van der Waals surface area contributed by atoms with Crippen LogP contribution in [0.3, 0.4) is 0 Å². The Bertz CT molecular complexity index is 926. The minimum Gasteiger partial charge on any atom is -0.495 e. The van der Waals surface area contributed by atoms with Gasteiger partial charge in [0.1, 0.15) is 11.3 Å². The SMILES string of the molecule is COc1cc(CC#Cc2cnc(NCCCCCC(C)C)n(C)c2=O)ccc1Cl. The Kier molecular flexibility index (Phi) is 9.08. The molecular formula is C23H30ClN3O2. The molecule has 29 heavy (non-hydrogen) atoms. The molecule has 1 aromatic carbocycles. The van der Waals surface area contributed by atoms with E-state index in [1.165, 1.54) is 23.8 Å². The lowest BCUT2D eigenvalue weighted by Crippen LogP contribution is -2.24. The largest absolute Gasteiger partial charge is 0.495 e. The third-order valence-corrected chi connectivity index (χ3v) is 4.95. The van der Waals surface area contributed by atoms with Crippen LogP contribution in [0, 0.1) is 17.8 Å². The van der Waals surface area contributed by atoms with E-state index in [0.29, 0.717) is 28.7 Å². The molecule has 0 aliphatic carbocycles. The van der Waals surface area contributed by atoms with Crippen molar-refractivity contribution in [3.63, 3.8) is 0 Å². The van der Waals surface area contributed by atoms with Crippen molar-refractivity contribution in [2.24, 2.45) is 13.0 Å². The van der Waals surface area contributed by atoms with Crippen molar-refractivity contribution in [1.82, 2.24) is 9.55 Å². The minimum absolute atomic E-state index is 0.150. The van der Waals surface area contributed by atoms with Crippen LogP contribution in [0.15, 0.2) is 29.2 Å². The molecule has 0 radical (unpaired) electrons. The van der Waals surface area contributed by atoms with Gasteiger partial charge in [-0.05, 0) is 30.0 Å². The second-order valence-electron chi connectivity index (χ2n) is 7.48. The van der Waals surface area contributed by atoms with E-state index in [-0.39, 0.29) is 5.56 Å². The highest BCUT2D eigenvalue weighted by molar-refractivity contribution is 6.32. The van der Waals surface area contributed by atoms with Crippen molar-refractivity contribution in [3.05, 3.63) is 50.9 Å². The third kappa shape index (κ3) is 7.14. The normalized spacial score (nSPS) is 10.6. The lowest BCUT2D eigenvalue weighted by Gasteiger charge is -2.10. The Morgan fingerprint density at radius 2 is 2.07 bits per heavy atom. The number of ether oxygens (including phenoxy) is 1. The number of nitrogens with one attached hydrogen (secondary N) is 1. The number of aromatic nitrogens is 2. The summed E-state index contributed by atoms with van der Waals surface area (Å²) in [6, 6.07) is 5.52. The predicted octanol–water partition coefficient (Wildman–Crippen LogP) is 4.66. The van der Waals surface area contributed by atoms with Gasteiger partial charge >= 0.3 is 0 Å². The molecule has 0 spiro atoms. The molecule has 0 aliphatic heterocycles.